The standard InChI is InChI=1S/C17H23N5O/c1-2-15-21-14(18)10-16(22-15)20-11-12-6-5-9-19-17(12)23-13-7-3-4-8-13/h5-6,9-10,13H,2-4,7-8,11H2,1H3,(H3,18,20,21,22). The van der Waals surface area contributed by atoms with Crippen molar-refractivity contribution in [2.24, 2.45) is 0 Å². The number of ether oxygens (including phenoxy) is 1. The molecule has 0 spiro atoms. The fraction of sp³-hybridized carbons (Fsp3) is 0.471. The summed E-state index contributed by atoms with van der Waals surface area (Å²) in [6, 6.07) is 5.69. The van der Waals surface area contributed by atoms with E-state index in [-0.39, 0.29) is 0 Å². The highest BCUT2D eigenvalue weighted by Gasteiger charge is 2.18. The average molecular weight is 313 g/mol. The molecule has 0 amide bonds. The Hall–Kier alpha value is -2.37. The molecule has 1 aliphatic rings. The number of hydrogen-bond donors (Lipinski definition) is 2. The second-order valence-corrected chi connectivity index (χ2v) is 5.79. The van der Waals surface area contributed by atoms with Crippen LogP contribution in [0.25, 0.3) is 0 Å². The van der Waals surface area contributed by atoms with Gasteiger partial charge in [-0.1, -0.05) is 13.0 Å². The number of pyridine rings is 1. The molecular weight excluding hydrogens is 290 g/mol. The maximum absolute atomic E-state index is 6.05. The van der Waals surface area contributed by atoms with Crippen LogP contribution in [0.3, 0.4) is 0 Å². The normalized spacial score (nSPS) is 14.8. The van der Waals surface area contributed by atoms with Crippen molar-refractivity contribution < 1.29 is 4.74 Å². The summed E-state index contributed by atoms with van der Waals surface area (Å²) in [7, 11) is 0. The predicted molar refractivity (Wildman–Crippen MR) is 90.3 cm³/mol. The minimum absolute atomic E-state index is 0.296. The molecule has 0 bridgehead atoms. The third-order valence-electron chi connectivity index (χ3n) is 4.00. The molecule has 6 heteroatoms. The lowest BCUT2D eigenvalue weighted by Gasteiger charge is -2.15. The largest absolute Gasteiger partial charge is 0.474 e. The van der Waals surface area contributed by atoms with Crippen molar-refractivity contribution in [2.75, 3.05) is 11.1 Å². The average Bonchev–Trinajstić information content (AvgIpc) is 3.06. The Kier molecular flexibility index (Phi) is 4.90. The molecule has 0 aliphatic heterocycles. The number of rotatable bonds is 6. The first-order valence-electron chi connectivity index (χ1n) is 8.22. The number of aromatic nitrogens is 3. The summed E-state index contributed by atoms with van der Waals surface area (Å²) in [6.07, 6.45) is 7.53. The maximum atomic E-state index is 6.05. The van der Waals surface area contributed by atoms with Gasteiger partial charge in [-0.3, -0.25) is 0 Å². The summed E-state index contributed by atoms with van der Waals surface area (Å²) in [4.78, 5) is 13.0. The van der Waals surface area contributed by atoms with Gasteiger partial charge in [0.25, 0.3) is 0 Å². The van der Waals surface area contributed by atoms with E-state index in [9.17, 15) is 0 Å². The number of nitrogen functional groups attached to an aromatic ring is 1. The molecule has 1 fully saturated rings. The van der Waals surface area contributed by atoms with Gasteiger partial charge in [0.1, 0.15) is 23.6 Å². The van der Waals surface area contributed by atoms with E-state index in [0.29, 0.717) is 24.3 Å². The van der Waals surface area contributed by atoms with Crippen molar-refractivity contribution in [1.29, 1.82) is 0 Å². The number of anilines is 2. The first kappa shape index (κ1) is 15.5. The van der Waals surface area contributed by atoms with Crippen LogP contribution in [0.15, 0.2) is 24.4 Å². The fourth-order valence-corrected chi connectivity index (χ4v) is 2.78. The number of nitrogens with one attached hydrogen (secondary N) is 1. The van der Waals surface area contributed by atoms with Gasteiger partial charge in [0.15, 0.2) is 0 Å². The number of hydrogen-bond acceptors (Lipinski definition) is 6. The first-order chi connectivity index (χ1) is 11.2. The summed E-state index contributed by atoms with van der Waals surface area (Å²) >= 11 is 0. The summed E-state index contributed by atoms with van der Waals surface area (Å²) in [6.45, 7) is 2.60. The van der Waals surface area contributed by atoms with Crippen molar-refractivity contribution >= 4 is 11.6 Å². The highest BCUT2D eigenvalue weighted by Crippen LogP contribution is 2.25. The van der Waals surface area contributed by atoms with Crippen LogP contribution in [-0.4, -0.2) is 21.1 Å². The molecule has 2 aromatic rings. The molecule has 0 unspecified atom stereocenters. The van der Waals surface area contributed by atoms with Gasteiger partial charge in [0, 0.05) is 30.8 Å². The van der Waals surface area contributed by atoms with Crippen molar-refractivity contribution in [1.82, 2.24) is 15.0 Å². The Labute approximate surface area is 136 Å². The van der Waals surface area contributed by atoms with Crippen LogP contribution in [0.5, 0.6) is 5.88 Å². The van der Waals surface area contributed by atoms with Crippen molar-refractivity contribution in [2.45, 2.75) is 51.7 Å². The van der Waals surface area contributed by atoms with Gasteiger partial charge in [-0.25, -0.2) is 15.0 Å². The van der Waals surface area contributed by atoms with Gasteiger partial charge in [0.05, 0.1) is 0 Å². The Morgan fingerprint density at radius 1 is 1.30 bits per heavy atom. The highest BCUT2D eigenvalue weighted by atomic mass is 16.5. The predicted octanol–water partition coefficient (Wildman–Crippen LogP) is 2.95. The molecule has 122 valence electrons. The van der Waals surface area contributed by atoms with E-state index in [1.807, 2.05) is 19.1 Å². The van der Waals surface area contributed by atoms with Crippen LogP contribution in [0.2, 0.25) is 0 Å². The van der Waals surface area contributed by atoms with E-state index < -0.39 is 0 Å². The van der Waals surface area contributed by atoms with Gasteiger partial charge in [-0.05, 0) is 31.7 Å². The number of nitrogens with zero attached hydrogens (tertiary/aromatic N) is 3. The Morgan fingerprint density at radius 2 is 2.13 bits per heavy atom. The van der Waals surface area contributed by atoms with Crippen LogP contribution in [-0.2, 0) is 13.0 Å². The molecule has 2 heterocycles. The number of nitrogens with two attached hydrogens (primary N) is 1. The van der Waals surface area contributed by atoms with Gasteiger partial charge in [-0.2, -0.15) is 0 Å². The van der Waals surface area contributed by atoms with Gasteiger partial charge in [-0.15, -0.1) is 0 Å². The van der Waals surface area contributed by atoms with Crippen LogP contribution >= 0.6 is 0 Å². The van der Waals surface area contributed by atoms with E-state index in [1.54, 1.807) is 12.3 Å². The molecule has 0 aromatic carbocycles. The monoisotopic (exact) mass is 313 g/mol. The zero-order valence-electron chi connectivity index (χ0n) is 13.5. The van der Waals surface area contributed by atoms with Gasteiger partial charge < -0.3 is 15.8 Å². The molecule has 2 aromatic heterocycles. The smallest absolute Gasteiger partial charge is 0.218 e. The van der Waals surface area contributed by atoms with E-state index in [4.69, 9.17) is 10.5 Å². The quantitative estimate of drug-likeness (QED) is 0.852. The zero-order valence-corrected chi connectivity index (χ0v) is 13.5. The third kappa shape index (κ3) is 4.09. The second-order valence-electron chi connectivity index (χ2n) is 5.79. The van der Waals surface area contributed by atoms with Gasteiger partial charge in [0.2, 0.25) is 5.88 Å². The van der Waals surface area contributed by atoms with E-state index >= 15 is 0 Å². The van der Waals surface area contributed by atoms with Crippen molar-refractivity contribution in [3.8, 4) is 5.88 Å². The minimum atomic E-state index is 0.296. The molecular formula is C17H23N5O. The molecule has 1 aliphatic carbocycles. The van der Waals surface area contributed by atoms with Gasteiger partial charge >= 0.3 is 0 Å². The molecule has 23 heavy (non-hydrogen) atoms. The minimum Gasteiger partial charge on any atom is -0.474 e. The lowest BCUT2D eigenvalue weighted by atomic mass is 10.2. The SMILES string of the molecule is CCc1nc(N)cc(NCc2cccnc2OC2CCCC2)n1. The van der Waals surface area contributed by atoms with Crippen LogP contribution in [0.1, 0.15) is 44.0 Å². The summed E-state index contributed by atoms with van der Waals surface area (Å²) in [5.74, 6) is 2.66. The van der Waals surface area contributed by atoms with Crippen LogP contribution in [0.4, 0.5) is 11.6 Å². The van der Waals surface area contributed by atoms with Crippen molar-refractivity contribution in [3.05, 3.63) is 35.8 Å². The lowest BCUT2D eigenvalue weighted by molar-refractivity contribution is 0.199. The summed E-state index contributed by atoms with van der Waals surface area (Å²) in [5, 5.41) is 3.29. The fourth-order valence-electron chi connectivity index (χ4n) is 2.78. The molecule has 3 N–H and O–H groups in total. The molecule has 6 nitrogen and oxygen atoms in total. The zero-order chi connectivity index (χ0) is 16.1. The molecule has 0 radical (unpaired) electrons. The summed E-state index contributed by atoms with van der Waals surface area (Å²) in [5.41, 5.74) is 6.84. The number of aryl methyl sites for hydroxylation is 1. The molecule has 0 atom stereocenters. The Morgan fingerprint density at radius 3 is 2.91 bits per heavy atom. The van der Waals surface area contributed by atoms with E-state index in [1.165, 1.54) is 12.8 Å². The van der Waals surface area contributed by atoms with Crippen LogP contribution in [0, 0.1) is 0 Å². The molecule has 1 saturated carbocycles. The Balaban J connectivity index is 1.69. The molecule has 0 saturated heterocycles. The topological polar surface area (TPSA) is 86.0 Å². The lowest BCUT2D eigenvalue weighted by Crippen LogP contribution is -2.14. The van der Waals surface area contributed by atoms with Crippen LogP contribution < -0.4 is 15.8 Å². The summed E-state index contributed by atoms with van der Waals surface area (Å²) < 4.78 is 6.05. The second kappa shape index (κ2) is 7.26. The van der Waals surface area contributed by atoms with Crippen molar-refractivity contribution in [3.63, 3.8) is 0 Å². The Bertz CT molecular complexity index is 655. The maximum Gasteiger partial charge on any atom is 0.218 e. The molecule has 3 rings (SSSR count). The highest BCUT2D eigenvalue weighted by molar-refractivity contribution is 5.45. The first-order valence-corrected chi connectivity index (χ1v) is 8.22. The third-order valence-corrected chi connectivity index (χ3v) is 4.00. The van der Waals surface area contributed by atoms with E-state index in [2.05, 4.69) is 20.3 Å². The van der Waals surface area contributed by atoms with E-state index in [0.717, 1.165) is 36.5 Å².